The van der Waals surface area contributed by atoms with E-state index < -0.39 is 23.0 Å². The smallest absolute Gasteiger partial charge is 0.263 e. The maximum absolute atomic E-state index is 14.1. The molecule has 3 aliphatic heterocycles. The predicted octanol–water partition coefficient (Wildman–Crippen LogP) is 7.14. The number of halogens is 2. The summed E-state index contributed by atoms with van der Waals surface area (Å²) in [6.45, 7) is 10.9. The van der Waals surface area contributed by atoms with E-state index in [0.717, 1.165) is 35.3 Å². The first-order valence-corrected chi connectivity index (χ1v) is 18.6. The van der Waals surface area contributed by atoms with Crippen molar-refractivity contribution in [2.45, 2.75) is 43.9 Å². The van der Waals surface area contributed by atoms with E-state index in [1.807, 2.05) is 12.1 Å². The number of anilines is 1. The standard InChI is InChI=1S/C39H47F2N4O4S/c1-4-43(30-21-28(40)20-29(41)22-30)39(47)36-27-44(31-23-32(48-2)25-33(24-31)49-3)37-26-34(10-11-35(37)38(36)46)50-19-9-7-5-6-8-15-45-16-12-42(13-17-45)14-18-45/h10-11,20-27H,4-9,12-19H2,1-3H3/q+1. The number of benzene rings is 3. The molecule has 0 saturated carbocycles. The number of pyridine rings is 1. The molecule has 8 nitrogen and oxygen atoms in total. The Balaban J connectivity index is 1.21. The van der Waals surface area contributed by atoms with Crippen molar-refractivity contribution in [3.63, 3.8) is 0 Å². The molecule has 1 amide bonds. The number of unbranched alkanes of at least 4 members (excludes halogenated alkanes) is 4. The Morgan fingerprint density at radius 3 is 2.14 bits per heavy atom. The normalized spacial score (nSPS) is 18.4. The lowest BCUT2D eigenvalue weighted by Crippen LogP contribution is -2.67. The van der Waals surface area contributed by atoms with E-state index in [1.165, 1.54) is 87.1 Å². The third-order valence-electron chi connectivity index (χ3n) is 10.3. The van der Waals surface area contributed by atoms with Crippen LogP contribution in [0, 0.1) is 11.6 Å². The Morgan fingerprint density at radius 1 is 0.860 bits per heavy atom. The number of quaternary nitrogens is 1. The summed E-state index contributed by atoms with van der Waals surface area (Å²) in [5.41, 5.74) is 0.694. The molecule has 0 unspecified atom stereocenters. The Labute approximate surface area is 297 Å². The van der Waals surface area contributed by atoms with Crippen molar-refractivity contribution in [2.75, 3.05) is 77.2 Å². The van der Waals surface area contributed by atoms with E-state index in [0.29, 0.717) is 28.1 Å². The predicted molar refractivity (Wildman–Crippen MR) is 196 cm³/mol. The summed E-state index contributed by atoms with van der Waals surface area (Å²) in [7, 11) is 3.11. The minimum Gasteiger partial charge on any atom is -0.497 e. The maximum atomic E-state index is 14.1. The Bertz CT molecular complexity index is 1840. The SMILES string of the molecule is CCN(C(=O)c1cn(-c2cc(OC)cc(OC)c2)c2cc(SCCCCCCC[N+]34CCN(CC3)CC4)ccc2c1=O)c1cc(F)cc(F)c1. The molecule has 3 aromatic carbocycles. The lowest BCUT2D eigenvalue weighted by Gasteiger charge is -2.50. The average molecular weight is 706 g/mol. The number of methoxy groups -OCH3 is 2. The summed E-state index contributed by atoms with van der Waals surface area (Å²) in [5, 5.41) is 0.352. The Morgan fingerprint density at radius 2 is 1.50 bits per heavy atom. The first kappa shape index (κ1) is 35.9. The highest BCUT2D eigenvalue weighted by Gasteiger charge is 2.37. The van der Waals surface area contributed by atoms with Crippen molar-refractivity contribution >= 4 is 34.3 Å². The number of hydrogen-bond donors (Lipinski definition) is 0. The van der Waals surface area contributed by atoms with Gasteiger partial charge in [-0.15, -0.1) is 11.8 Å². The van der Waals surface area contributed by atoms with Crippen LogP contribution in [0.4, 0.5) is 14.5 Å². The molecule has 11 heteroatoms. The number of thioether (sulfide) groups is 1. The molecule has 0 N–H and O–H groups in total. The number of aromatic nitrogens is 1. The van der Waals surface area contributed by atoms with Crippen molar-refractivity contribution in [1.82, 2.24) is 9.47 Å². The van der Waals surface area contributed by atoms with Gasteiger partial charge in [0.05, 0.1) is 51.6 Å². The van der Waals surface area contributed by atoms with Crippen LogP contribution < -0.4 is 19.8 Å². The molecule has 266 valence electrons. The molecular formula is C39H47F2N4O4S+. The molecule has 0 spiro atoms. The molecule has 7 rings (SSSR count). The molecule has 3 saturated heterocycles. The molecule has 1 aromatic heterocycles. The van der Waals surface area contributed by atoms with Crippen molar-refractivity contribution in [3.8, 4) is 17.2 Å². The summed E-state index contributed by atoms with van der Waals surface area (Å²) < 4.78 is 42.5. The summed E-state index contributed by atoms with van der Waals surface area (Å²) in [5.74, 6) is -0.237. The quantitative estimate of drug-likeness (QED) is 0.0745. The van der Waals surface area contributed by atoms with Gasteiger partial charge in [0, 0.05) is 72.6 Å². The highest BCUT2D eigenvalue weighted by molar-refractivity contribution is 7.99. The summed E-state index contributed by atoms with van der Waals surface area (Å²) in [4.78, 5) is 32.7. The van der Waals surface area contributed by atoms with Crippen LogP contribution >= 0.6 is 11.8 Å². The van der Waals surface area contributed by atoms with E-state index >= 15 is 0 Å². The highest BCUT2D eigenvalue weighted by atomic mass is 32.2. The number of hydrogen-bond acceptors (Lipinski definition) is 6. The van der Waals surface area contributed by atoms with Gasteiger partial charge in [-0.1, -0.05) is 12.8 Å². The van der Waals surface area contributed by atoms with Gasteiger partial charge in [0.15, 0.2) is 0 Å². The molecule has 4 aromatic rings. The van der Waals surface area contributed by atoms with Gasteiger partial charge in [-0.3, -0.25) is 14.5 Å². The third-order valence-corrected chi connectivity index (χ3v) is 11.3. The maximum Gasteiger partial charge on any atom is 0.263 e. The molecule has 0 radical (unpaired) electrons. The highest BCUT2D eigenvalue weighted by Crippen LogP contribution is 2.31. The second-order valence-corrected chi connectivity index (χ2v) is 14.5. The Hall–Kier alpha value is -3.93. The molecule has 4 heterocycles. The molecule has 0 atom stereocenters. The van der Waals surface area contributed by atoms with E-state index in [4.69, 9.17) is 9.47 Å². The van der Waals surface area contributed by atoms with Crippen molar-refractivity contribution in [1.29, 1.82) is 0 Å². The van der Waals surface area contributed by atoms with Gasteiger partial charge in [0.1, 0.15) is 28.7 Å². The van der Waals surface area contributed by atoms with Gasteiger partial charge in [-0.05, 0) is 62.3 Å². The largest absolute Gasteiger partial charge is 0.497 e. The number of amides is 1. The second kappa shape index (κ2) is 16.0. The van der Waals surface area contributed by atoms with Crippen LogP contribution in [-0.2, 0) is 0 Å². The number of carbonyl (C=O) groups is 1. The minimum atomic E-state index is -0.811. The molecule has 3 fully saturated rings. The second-order valence-electron chi connectivity index (χ2n) is 13.4. The number of piperazine rings is 3. The van der Waals surface area contributed by atoms with Crippen molar-refractivity contribution in [3.05, 3.63) is 88.2 Å². The summed E-state index contributed by atoms with van der Waals surface area (Å²) in [6.07, 6.45) is 7.64. The monoisotopic (exact) mass is 705 g/mol. The van der Waals surface area contributed by atoms with Crippen molar-refractivity contribution in [2.24, 2.45) is 0 Å². The van der Waals surface area contributed by atoms with Crippen LogP contribution in [0.2, 0.25) is 0 Å². The van der Waals surface area contributed by atoms with Gasteiger partial charge in [-0.25, -0.2) is 8.78 Å². The fraction of sp³-hybridized carbons (Fsp3) is 0.436. The van der Waals surface area contributed by atoms with Gasteiger partial charge >= 0.3 is 0 Å². The summed E-state index contributed by atoms with van der Waals surface area (Å²) in [6, 6.07) is 13.9. The lowest BCUT2D eigenvalue weighted by atomic mass is 10.1. The molecule has 2 bridgehead atoms. The lowest BCUT2D eigenvalue weighted by molar-refractivity contribution is -0.941. The number of fused-ring (bicyclic) bond motifs is 4. The van der Waals surface area contributed by atoms with Crippen LogP contribution in [-0.4, -0.2) is 92.2 Å². The zero-order valence-electron chi connectivity index (χ0n) is 29.3. The topological polar surface area (TPSA) is 64.0 Å². The van der Waals surface area contributed by atoms with Gasteiger partial charge in [0.2, 0.25) is 5.43 Å². The number of carbonyl (C=O) groups excluding carboxylic acids is 1. The minimum absolute atomic E-state index is 0.0317. The molecular weight excluding hydrogens is 659 g/mol. The van der Waals surface area contributed by atoms with E-state index in [-0.39, 0.29) is 17.8 Å². The van der Waals surface area contributed by atoms with E-state index in [9.17, 15) is 18.4 Å². The van der Waals surface area contributed by atoms with Crippen LogP contribution in [0.15, 0.2) is 70.5 Å². The van der Waals surface area contributed by atoms with Crippen LogP contribution in [0.3, 0.4) is 0 Å². The summed E-state index contributed by atoms with van der Waals surface area (Å²) >= 11 is 1.76. The van der Waals surface area contributed by atoms with Crippen LogP contribution in [0.25, 0.3) is 16.6 Å². The van der Waals surface area contributed by atoms with E-state index in [1.54, 1.807) is 61.7 Å². The Kier molecular flexibility index (Phi) is 11.4. The van der Waals surface area contributed by atoms with Gasteiger partial charge < -0.3 is 23.4 Å². The van der Waals surface area contributed by atoms with E-state index in [2.05, 4.69) is 4.90 Å². The molecule has 3 aliphatic rings. The molecule has 0 aliphatic carbocycles. The van der Waals surface area contributed by atoms with Crippen LogP contribution in [0.5, 0.6) is 11.5 Å². The first-order valence-electron chi connectivity index (χ1n) is 17.6. The van der Waals surface area contributed by atoms with Gasteiger partial charge in [-0.2, -0.15) is 0 Å². The zero-order chi connectivity index (χ0) is 35.3. The zero-order valence-corrected chi connectivity index (χ0v) is 30.1. The third kappa shape index (κ3) is 8.00. The van der Waals surface area contributed by atoms with Gasteiger partial charge in [0.25, 0.3) is 5.91 Å². The number of ether oxygens (including phenoxy) is 2. The number of rotatable bonds is 15. The number of nitrogens with zero attached hydrogens (tertiary/aromatic N) is 4. The first-order chi connectivity index (χ1) is 24.2. The van der Waals surface area contributed by atoms with Crippen LogP contribution in [0.1, 0.15) is 49.4 Å². The molecule has 50 heavy (non-hydrogen) atoms. The fourth-order valence-corrected chi connectivity index (χ4v) is 8.26. The fourth-order valence-electron chi connectivity index (χ4n) is 7.31. The van der Waals surface area contributed by atoms with Crippen molar-refractivity contribution < 1.29 is 27.5 Å². The average Bonchev–Trinajstić information content (AvgIpc) is 3.13.